The van der Waals surface area contributed by atoms with Crippen molar-refractivity contribution in [1.82, 2.24) is 5.01 Å². The number of thioether (sulfide) groups is 1. The average Bonchev–Trinajstić information content (AvgIpc) is 2.76. The molecule has 1 aliphatic rings. The third-order valence-corrected chi connectivity index (χ3v) is 5.89. The number of benzene rings is 2. The maximum absolute atomic E-state index is 12.8. The molecule has 1 unspecified atom stereocenters. The molecule has 0 saturated heterocycles. The summed E-state index contributed by atoms with van der Waals surface area (Å²) >= 11 is 1.21. The fraction of sp³-hybridized carbons (Fsp3) is 0.318. The number of rotatable bonds is 8. The molecule has 1 N–H and O–H groups in total. The van der Waals surface area contributed by atoms with E-state index in [0.29, 0.717) is 23.6 Å². The second-order valence-electron chi connectivity index (χ2n) is 6.82. The lowest BCUT2D eigenvalue weighted by atomic mass is 10.0. The number of nitrogens with one attached hydrogen (secondary N) is 1. The van der Waals surface area contributed by atoms with Crippen LogP contribution in [0.2, 0.25) is 0 Å². The number of halogens is 1. The first-order valence-corrected chi connectivity index (χ1v) is 10.6. The summed E-state index contributed by atoms with van der Waals surface area (Å²) in [6.07, 6.45) is 0.708. The van der Waals surface area contributed by atoms with E-state index in [4.69, 9.17) is 9.47 Å². The molecule has 3 rings (SSSR count). The van der Waals surface area contributed by atoms with Gasteiger partial charge < -0.3 is 14.8 Å². The van der Waals surface area contributed by atoms with Crippen molar-refractivity contribution in [1.29, 1.82) is 0 Å². The first-order valence-electron chi connectivity index (χ1n) is 9.75. The van der Waals surface area contributed by atoms with Crippen LogP contribution in [0.15, 0.2) is 47.6 Å². The van der Waals surface area contributed by atoms with Gasteiger partial charge >= 0.3 is 5.24 Å². The molecule has 0 fully saturated rings. The van der Waals surface area contributed by atoms with Gasteiger partial charge in [0.25, 0.3) is 0 Å². The number of hydrogen-bond acceptors (Lipinski definition) is 6. The van der Waals surface area contributed by atoms with Crippen LogP contribution < -0.4 is 14.8 Å². The SMILES string of the molecule is CCC1SC(=O)N(Cc2ccc(NC(C)=O)cc2)N=C1c1ccc(OC)c(OCF)c1. The summed E-state index contributed by atoms with van der Waals surface area (Å²) < 4.78 is 23.0. The Morgan fingerprint density at radius 1 is 1.23 bits per heavy atom. The van der Waals surface area contributed by atoms with Crippen LogP contribution in [0, 0.1) is 0 Å². The van der Waals surface area contributed by atoms with Crippen molar-refractivity contribution < 1.29 is 23.5 Å². The highest BCUT2D eigenvalue weighted by Crippen LogP contribution is 2.34. The topological polar surface area (TPSA) is 80.2 Å². The molecular weight excluding hydrogens is 421 g/mol. The Labute approximate surface area is 184 Å². The molecule has 0 aromatic heterocycles. The molecule has 1 aliphatic heterocycles. The van der Waals surface area contributed by atoms with E-state index in [1.165, 1.54) is 30.8 Å². The summed E-state index contributed by atoms with van der Waals surface area (Å²) in [5, 5.41) is 8.48. The Balaban J connectivity index is 1.88. The Bertz CT molecular complexity index is 981. The normalized spacial score (nSPS) is 16.0. The minimum absolute atomic E-state index is 0.127. The van der Waals surface area contributed by atoms with Gasteiger partial charge in [0.15, 0.2) is 11.5 Å². The minimum atomic E-state index is -0.975. The molecule has 31 heavy (non-hydrogen) atoms. The quantitative estimate of drug-likeness (QED) is 0.631. The molecule has 2 aromatic rings. The molecule has 2 amide bonds. The predicted molar refractivity (Wildman–Crippen MR) is 119 cm³/mol. The highest BCUT2D eigenvalue weighted by molar-refractivity contribution is 8.14. The van der Waals surface area contributed by atoms with Crippen molar-refractivity contribution in [3.8, 4) is 11.5 Å². The zero-order chi connectivity index (χ0) is 22.4. The number of carbonyl (C=O) groups is 2. The van der Waals surface area contributed by atoms with E-state index in [0.717, 1.165) is 11.1 Å². The molecule has 0 bridgehead atoms. The monoisotopic (exact) mass is 445 g/mol. The molecule has 2 aromatic carbocycles. The molecule has 0 saturated carbocycles. The number of carbonyl (C=O) groups excluding carboxylic acids is 2. The predicted octanol–water partition coefficient (Wildman–Crippen LogP) is 4.81. The van der Waals surface area contributed by atoms with Gasteiger partial charge in [-0.2, -0.15) is 5.10 Å². The van der Waals surface area contributed by atoms with Crippen LogP contribution in [0.5, 0.6) is 11.5 Å². The summed E-state index contributed by atoms with van der Waals surface area (Å²) in [5.74, 6) is 0.554. The van der Waals surface area contributed by atoms with Crippen LogP contribution in [0.1, 0.15) is 31.4 Å². The largest absolute Gasteiger partial charge is 0.493 e. The number of hydrazone groups is 1. The van der Waals surface area contributed by atoms with Crippen LogP contribution in [0.3, 0.4) is 0 Å². The number of alkyl halides is 1. The minimum Gasteiger partial charge on any atom is -0.493 e. The fourth-order valence-electron chi connectivity index (χ4n) is 3.17. The highest BCUT2D eigenvalue weighted by Gasteiger charge is 2.30. The van der Waals surface area contributed by atoms with Crippen LogP contribution in [-0.2, 0) is 11.3 Å². The van der Waals surface area contributed by atoms with E-state index in [-0.39, 0.29) is 28.7 Å². The van der Waals surface area contributed by atoms with Crippen molar-refractivity contribution in [2.75, 3.05) is 19.3 Å². The third-order valence-electron chi connectivity index (χ3n) is 4.63. The first-order chi connectivity index (χ1) is 14.9. The Morgan fingerprint density at radius 3 is 2.58 bits per heavy atom. The highest BCUT2D eigenvalue weighted by atomic mass is 32.2. The molecule has 1 heterocycles. The van der Waals surface area contributed by atoms with Crippen LogP contribution in [0.25, 0.3) is 0 Å². The molecule has 0 aliphatic carbocycles. The summed E-state index contributed by atoms with van der Waals surface area (Å²) in [6, 6.07) is 12.4. The van der Waals surface area contributed by atoms with Gasteiger partial charge in [0, 0.05) is 18.2 Å². The zero-order valence-corrected chi connectivity index (χ0v) is 18.4. The third kappa shape index (κ3) is 5.55. The van der Waals surface area contributed by atoms with Crippen molar-refractivity contribution in [2.45, 2.75) is 32.1 Å². The summed E-state index contributed by atoms with van der Waals surface area (Å²) in [6.45, 7) is 2.74. The second-order valence-corrected chi connectivity index (χ2v) is 7.97. The van der Waals surface area contributed by atoms with E-state index in [2.05, 4.69) is 10.4 Å². The Hall–Kier alpha value is -3.07. The Morgan fingerprint density at radius 2 is 1.97 bits per heavy atom. The smallest absolute Gasteiger partial charge is 0.302 e. The van der Waals surface area contributed by atoms with Crippen LogP contribution >= 0.6 is 11.8 Å². The molecule has 7 nitrogen and oxygen atoms in total. The maximum Gasteiger partial charge on any atom is 0.302 e. The van der Waals surface area contributed by atoms with E-state index in [1.54, 1.807) is 24.3 Å². The number of hydrogen-bond donors (Lipinski definition) is 1. The van der Waals surface area contributed by atoms with Gasteiger partial charge in [0.05, 0.1) is 24.6 Å². The number of amides is 2. The standard InChI is InChI=1S/C22H24FN3O4S/c1-4-20-21(16-7-10-18(29-3)19(11-16)30-13-23)25-26(22(28)31-20)12-15-5-8-17(9-6-15)24-14(2)27/h5-11,20H,4,12-13H2,1-3H3,(H,24,27). The number of ether oxygens (including phenoxy) is 2. The molecule has 9 heteroatoms. The Kier molecular flexibility index (Phi) is 7.51. The van der Waals surface area contributed by atoms with Crippen LogP contribution in [-0.4, -0.2) is 41.1 Å². The van der Waals surface area contributed by atoms with E-state index >= 15 is 0 Å². The van der Waals surface area contributed by atoms with E-state index < -0.39 is 6.86 Å². The van der Waals surface area contributed by atoms with Crippen molar-refractivity contribution >= 4 is 34.3 Å². The van der Waals surface area contributed by atoms with Gasteiger partial charge in [-0.1, -0.05) is 30.8 Å². The molecular formula is C22H24FN3O4S. The number of methoxy groups -OCH3 is 1. The summed E-state index contributed by atoms with van der Waals surface area (Å²) in [7, 11) is 1.49. The molecule has 0 spiro atoms. The average molecular weight is 446 g/mol. The summed E-state index contributed by atoms with van der Waals surface area (Å²) in [5.41, 5.74) is 3.01. The van der Waals surface area contributed by atoms with Gasteiger partial charge in [-0.3, -0.25) is 9.59 Å². The fourth-order valence-corrected chi connectivity index (χ4v) is 4.10. The van der Waals surface area contributed by atoms with E-state index in [9.17, 15) is 14.0 Å². The summed E-state index contributed by atoms with van der Waals surface area (Å²) in [4.78, 5) is 23.8. The van der Waals surface area contributed by atoms with Gasteiger partial charge in [-0.25, -0.2) is 9.40 Å². The van der Waals surface area contributed by atoms with E-state index in [1.807, 2.05) is 25.1 Å². The second kappa shape index (κ2) is 10.3. The van der Waals surface area contributed by atoms with Crippen molar-refractivity contribution in [3.63, 3.8) is 0 Å². The van der Waals surface area contributed by atoms with Gasteiger partial charge in [-0.05, 0) is 42.3 Å². The number of anilines is 1. The van der Waals surface area contributed by atoms with Crippen molar-refractivity contribution in [3.05, 3.63) is 53.6 Å². The zero-order valence-electron chi connectivity index (χ0n) is 17.6. The van der Waals surface area contributed by atoms with Crippen molar-refractivity contribution in [2.24, 2.45) is 5.10 Å². The molecule has 0 radical (unpaired) electrons. The van der Waals surface area contributed by atoms with Gasteiger partial charge in [0.2, 0.25) is 12.8 Å². The molecule has 1 atom stereocenters. The van der Waals surface area contributed by atoms with Gasteiger partial charge in [-0.15, -0.1) is 0 Å². The lowest BCUT2D eigenvalue weighted by Crippen LogP contribution is -2.34. The maximum atomic E-state index is 12.8. The lowest BCUT2D eigenvalue weighted by Gasteiger charge is -2.28. The first kappa shape index (κ1) is 22.6. The van der Waals surface area contributed by atoms with Gasteiger partial charge in [0.1, 0.15) is 0 Å². The number of nitrogens with zero attached hydrogens (tertiary/aromatic N) is 2. The lowest BCUT2D eigenvalue weighted by molar-refractivity contribution is -0.114. The van der Waals surface area contributed by atoms with Crippen LogP contribution in [0.4, 0.5) is 14.9 Å². The molecule has 164 valence electrons.